The molecule has 1 amide bonds. The second-order valence-corrected chi connectivity index (χ2v) is 7.13. The minimum Gasteiger partial charge on any atom is -0.483 e. The van der Waals surface area contributed by atoms with Gasteiger partial charge in [-0.2, -0.15) is 0 Å². The minimum absolute atomic E-state index is 0.187. The maximum Gasteiger partial charge on any atom is 0.415 e. The number of ether oxygens (including phenoxy) is 2. The predicted molar refractivity (Wildman–Crippen MR) is 92.9 cm³/mol. The third kappa shape index (κ3) is 2.07. The van der Waals surface area contributed by atoms with Crippen molar-refractivity contribution >= 4 is 11.8 Å². The van der Waals surface area contributed by atoms with E-state index in [4.69, 9.17) is 14.0 Å². The Kier molecular flexibility index (Phi) is 3.12. The smallest absolute Gasteiger partial charge is 0.415 e. The van der Waals surface area contributed by atoms with E-state index in [0.717, 1.165) is 11.3 Å². The van der Waals surface area contributed by atoms with E-state index in [1.165, 1.54) is 12.3 Å². The van der Waals surface area contributed by atoms with Crippen LogP contribution in [0.2, 0.25) is 0 Å². The number of carbonyl (C=O) groups excluding carboxylic acids is 1. The van der Waals surface area contributed by atoms with Crippen molar-refractivity contribution < 1.29 is 23.2 Å². The molecule has 142 valence electrons. The third-order valence-electron chi connectivity index (χ3n) is 5.65. The zero-order valence-corrected chi connectivity index (χ0v) is 14.7. The van der Waals surface area contributed by atoms with Crippen LogP contribution in [0, 0.1) is 5.82 Å². The quantitative estimate of drug-likeness (QED) is 0.693. The Morgan fingerprint density at radius 2 is 2.29 bits per heavy atom. The average molecular weight is 382 g/mol. The highest BCUT2D eigenvalue weighted by Gasteiger charge is 2.49. The number of nitrogens with zero attached hydrogens (tertiary/aromatic N) is 4. The first-order chi connectivity index (χ1) is 13.7. The van der Waals surface area contributed by atoms with Gasteiger partial charge in [0.05, 0.1) is 17.4 Å². The van der Waals surface area contributed by atoms with E-state index in [0.29, 0.717) is 42.2 Å². The summed E-state index contributed by atoms with van der Waals surface area (Å²) in [5, 5.41) is 3.90. The minimum atomic E-state index is -0.452. The van der Waals surface area contributed by atoms with Gasteiger partial charge in [-0.1, -0.05) is 5.16 Å². The maximum absolute atomic E-state index is 15.0. The summed E-state index contributed by atoms with van der Waals surface area (Å²) in [4.78, 5) is 18.3. The van der Waals surface area contributed by atoms with Crippen molar-refractivity contribution in [2.24, 2.45) is 0 Å². The van der Waals surface area contributed by atoms with Gasteiger partial charge in [0.1, 0.15) is 24.7 Å². The Labute approximate surface area is 158 Å². The van der Waals surface area contributed by atoms with E-state index in [1.807, 2.05) is 0 Å². The lowest BCUT2D eigenvalue weighted by Crippen LogP contribution is -2.33. The number of anilines is 1. The number of rotatable bonds is 3. The first kappa shape index (κ1) is 15.7. The van der Waals surface area contributed by atoms with Crippen molar-refractivity contribution in [3.8, 4) is 11.4 Å². The molecule has 0 radical (unpaired) electrons. The molecule has 1 aromatic carbocycles. The summed E-state index contributed by atoms with van der Waals surface area (Å²) in [6.07, 6.45) is 5.91. The summed E-state index contributed by atoms with van der Waals surface area (Å²) in [6.45, 7) is 0.264. The monoisotopic (exact) mass is 382 g/mol. The molecule has 0 bridgehead atoms. The van der Waals surface area contributed by atoms with Crippen LogP contribution in [0.4, 0.5) is 14.9 Å². The number of hydrogen-bond donors (Lipinski definition) is 0. The van der Waals surface area contributed by atoms with Gasteiger partial charge in [-0.15, -0.1) is 0 Å². The highest BCUT2D eigenvalue weighted by Crippen LogP contribution is 2.48. The van der Waals surface area contributed by atoms with Crippen LogP contribution in [-0.2, 0) is 24.2 Å². The Balaban J connectivity index is 1.37. The number of amides is 1. The number of cyclic esters (lactones) is 1. The van der Waals surface area contributed by atoms with Crippen molar-refractivity contribution in [1.82, 2.24) is 14.7 Å². The fraction of sp³-hybridized carbons (Fsp3) is 0.316. The number of hydrogen-bond acceptors (Lipinski definition) is 6. The molecule has 3 aliphatic heterocycles. The van der Waals surface area contributed by atoms with Gasteiger partial charge in [-0.05, 0) is 12.8 Å². The van der Waals surface area contributed by atoms with E-state index in [1.54, 1.807) is 27.9 Å². The lowest BCUT2D eigenvalue weighted by atomic mass is 10.00. The summed E-state index contributed by atoms with van der Waals surface area (Å²) >= 11 is 0. The van der Waals surface area contributed by atoms with Gasteiger partial charge in [0.25, 0.3) is 0 Å². The van der Waals surface area contributed by atoms with Crippen molar-refractivity contribution in [3.63, 3.8) is 0 Å². The van der Waals surface area contributed by atoms with Gasteiger partial charge in [0.15, 0.2) is 17.4 Å². The largest absolute Gasteiger partial charge is 0.483 e. The second-order valence-electron chi connectivity index (χ2n) is 7.13. The Morgan fingerprint density at radius 1 is 1.36 bits per heavy atom. The molecule has 8 nitrogen and oxygen atoms in total. The molecule has 0 spiro atoms. The fourth-order valence-electron chi connectivity index (χ4n) is 4.40. The third-order valence-corrected chi connectivity index (χ3v) is 5.65. The van der Waals surface area contributed by atoms with Gasteiger partial charge < -0.3 is 14.0 Å². The molecule has 0 saturated carbocycles. The van der Waals surface area contributed by atoms with Gasteiger partial charge in [-0.3, -0.25) is 9.47 Å². The van der Waals surface area contributed by atoms with Crippen LogP contribution in [0.25, 0.3) is 5.69 Å². The van der Waals surface area contributed by atoms with Crippen molar-refractivity contribution in [2.75, 3.05) is 4.90 Å². The molecule has 0 N–H and O–H groups in total. The number of halogens is 1. The van der Waals surface area contributed by atoms with E-state index >= 15 is 0 Å². The number of aromatic nitrogens is 3. The standard InChI is InChI=1S/C19H15FN4O4/c20-12-8-13-11(18-17(12)23-5-4-21-16(23)9-26-18)7-14-15(28-19(25)24(13)14)2-1-10-3-6-27-22-10/h3-6,8,14-15H,1-2,7,9H2/t14-,15-/m0/s1. The highest BCUT2D eigenvalue weighted by atomic mass is 19.1. The molecule has 0 aliphatic carbocycles. The van der Waals surface area contributed by atoms with E-state index in [2.05, 4.69) is 10.1 Å². The molecule has 9 heteroatoms. The zero-order valence-electron chi connectivity index (χ0n) is 14.7. The Bertz CT molecular complexity index is 1090. The van der Waals surface area contributed by atoms with Crippen molar-refractivity contribution in [3.05, 3.63) is 53.7 Å². The molecule has 2 atom stereocenters. The van der Waals surface area contributed by atoms with Crippen LogP contribution in [0.1, 0.15) is 23.5 Å². The lowest BCUT2D eigenvalue weighted by Gasteiger charge is -2.23. The van der Waals surface area contributed by atoms with Crippen LogP contribution in [0.5, 0.6) is 5.75 Å². The number of fused-ring (bicyclic) bond motifs is 7. The number of imidazole rings is 1. The summed E-state index contributed by atoms with van der Waals surface area (Å²) in [5.41, 5.74) is 2.53. The summed E-state index contributed by atoms with van der Waals surface area (Å²) in [6, 6.07) is 3.00. The number of benzene rings is 1. The zero-order chi connectivity index (χ0) is 18.8. The topological polar surface area (TPSA) is 82.6 Å². The number of aryl methyl sites for hydroxylation is 1. The van der Waals surface area contributed by atoms with Crippen LogP contribution in [-0.4, -0.2) is 32.9 Å². The van der Waals surface area contributed by atoms with Crippen LogP contribution < -0.4 is 9.64 Å². The summed E-state index contributed by atoms with van der Waals surface area (Å²) < 4.78 is 33.0. The SMILES string of the molecule is O=C1O[C@@H](CCc2ccon2)[C@@H]2Cc3c(cc(F)c4c3OCc3nccn3-4)N12. The molecule has 6 rings (SSSR count). The van der Waals surface area contributed by atoms with Crippen LogP contribution >= 0.6 is 0 Å². The fourth-order valence-corrected chi connectivity index (χ4v) is 4.40. The Morgan fingerprint density at radius 3 is 3.14 bits per heavy atom. The van der Waals surface area contributed by atoms with Crippen LogP contribution in [0.15, 0.2) is 35.3 Å². The van der Waals surface area contributed by atoms with Gasteiger partial charge in [0, 0.05) is 36.5 Å². The normalized spacial score (nSPS) is 21.6. The number of carbonyl (C=O) groups is 1. The molecule has 0 unspecified atom stereocenters. The maximum atomic E-state index is 15.0. The van der Waals surface area contributed by atoms with Gasteiger partial charge in [-0.25, -0.2) is 14.2 Å². The first-order valence-electron chi connectivity index (χ1n) is 9.10. The molecular formula is C19H15FN4O4. The lowest BCUT2D eigenvalue weighted by molar-refractivity contribution is 0.125. The molecule has 2 aromatic heterocycles. The van der Waals surface area contributed by atoms with Crippen molar-refractivity contribution in [1.29, 1.82) is 0 Å². The van der Waals surface area contributed by atoms with E-state index in [-0.39, 0.29) is 18.8 Å². The summed E-state index contributed by atoms with van der Waals surface area (Å²) in [7, 11) is 0. The molecule has 28 heavy (non-hydrogen) atoms. The average Bonchev–Trinajstić information content (AvgIpc) is 3.45. The summed E-state index contributed by atoms with van der Waals surface area (Å²) in [5.74, 6) is 0.680. The highest BCUT2D eigenvalue weighted by molar-refractivity contribution is 5.95. The predicted octanol–water partition coefficient (Wildman–Crippen LogP) is 2.77. The molecular weight excluding hydrogens is 367 g/mol. The van der Waals surface area contributed by atoms with Gasteiger partial charge in [0.2, 0.25) is 0 Å². The first-order valence-corrected chi connectivity index (χ1v) is 9.10. The Hall–Kier alpha value is -3.36. The van der Waals surface area contributed by atoms with E-state index in [9.17, 15) is 9.18 Å². The van der Waals surface area contributed by atoms with Gasteiger partial charge >= 0.3 is 6.09 Å². The van der Waals surface area contributed by atoms with Crippen LogP contribution in [0.3, 0.4) is 0 Å². The van der Waals surface area contributed by atoms with E-state index < -0.39 is 11.9 Å². The molecule has 1 saturated heterocycles. The molecule has 3 aromatic rings. The molecule has 1 fully saturated rings. The second kappa shape index (κ2) is 5.57. The van der Waals surface area contributed by atoms with Crippen molar-refractivity contribution in [2.45, 2.75) is 38.0 Å². The molecule has 5 heterocycles. The molecule has 3 aliphatic rings.